The van der Waals surface area contributed by atoms with E-state index in [-0.39, 0.29) is 0 Å². The average molecular weight is 190 g/mol. The van der Waals surface area contributed by atoms with Crippen LogP contribution in [0, 0.1) is 12.3 Å². The van der Waals surface area contributed by atoms with Gasteiger partial charge < -0.3 is 4.43 Å². The van der Waals surface area contributed by atoms with Gasteiger partial charge in [-0.3, -0.25) is 0 Å². The molecule has 2 heteroatoms. The number of benzene rings is 1. The normalized spacial score (nSPS) is 10.8. The Balaban J connectivity index is 2.76. The standard InChI is InChI=1S/C11H14OSi/c1-4-10-12-13(2,3)11-8-6-5-7-9-11/h1,5-9H,10H2,2-3H3. The van der Waals surface area contributed by atoms with Crippen molar-refractivity contribution < 1.29 is 4.43 Å². The van der Waals surface area contributed by atoms with Crippen molar-refractivity contribution >= 4 is 13.5 Å². The van der Waals surface area contributed by atoms with Crippen LogP contribution in [0.2, 0.25) is 13.1 Å². The summed E-state index contributed by atoms with van der Waals surface area (Å²) in [4.78, 5) is 0. The summed E-state index contributed by atoms with van der Waals surface area (Å²) in [5, 5.41) is 1.28. The highest BCUT2D eigenvalue weighted by atomic mass is 28.4. The van der Waals surface area contributed by atoms with E-state index >= 15 is 0 Å². The summed E-state index contributed by atoms with van der Waals surface area (Å²) in [5.74, 6) is 2.51. The molecule has 1 nitrogen and oxygen atoms in total. The van der Waals surface area contributed by atoms with Crippen LogP contribution in [-0.4, -0.2) is 14.9 Å². The van der Waals surface area contributed by atoms with Crippen molar-refractivity contribution in [1.29, 1.82) is 0 Å². The number of hydrogen-bond donors (Lipinski definition) is 0. The van der Waals surface area contributed by atoms with Crippen molar-refractivity contribution in [3.05, 3.63) is 30.3 Å². The summed E-state index contributed by atoms with van der Waals surface area (Å²) in [7, 11) is -1.74. The van der Waals surface area contributed by atoms with Gasteiger partial charge in [0.25, 0.3) is 0 Å². The zero-order chi connectivity index (χ0) is 9.73. The first kappa shape index (κ1) is 10.0. The Morgan fingerprint density at radius 2 is 1.92 bits per heavy atom. The highest BCUT2D eigenvalue weighted by Gasteiger charge is 2.24. The van der Waals surface area contributed by atoms with Gasteiger partial charge in [-0.25, -0.2) is 0 Å². The van der Waals surface area contributed by atoms with Crippen LogP contribution in [0.3, 0.4) is 0 Å². The highest BCUT2D eigenvalue weighted by molar-refractivity contribution is 6.84. The molecule has 13 heavy (non-hydrogen) atoms. The summed E-state index contributed by atoms with van der Waals surface area (Å²) < 4.78 is 5.67. The fourth-order valence-corrected chi connectivity index (χ4v) is 2.75. The molecule has 0 N–H and O–H groups in total. The van der Waals surface area contributed by atoms with Gasteiger partial charge in [-0.2, -0.15) is 0 Å². The lowest BCUT2D eigenvalue weighted by atomic mass is 10.4. The van der Waals surface area contributed by atoms with Gasteiger partial charge in [-0.1, -0.05) is 36.3 Å². The molecule has 0 heterocycles. The molecule has 0 saturated heterocycles. The quantitative estimate of drug-likeness (QED) is 0.521. The summed E-state index contributed by atoms with van der Waals surface area (Å²) in [5.41, 5.74) is 0. The predicted molar refractivity (Wildman–Crippen MR) is 58.3 cm³/mol. The van der Waals surface area contributed by atoms with Gasteiger partial charge in [-0.05, 0) is 18.3 Å². The van der Waals surface area contributed by atoms with Crippen LogP contribution >= 0.6 is 0 Å². The van der Waals surface area contributed by atoms with E-state index in [1.54, 1.807) is 0 Å². The lowest BCUT2D eigenvalue weighted by Crippen LogP contribution is -2.44. The van der Waals surface area contributed by atoms with Crippen LogP contribution < -0.4 is 5.19 Å². The Bertz CT molecular complexity index is 298. The van der Waals surface area contributed by atoms with E-state index in [1.807, 2.05) is 18.2 Å². The Morgan fingerprint density at radius 3 is 2.46 bits per heavy atom. The van der Waals surface area contributed by atoms with E-state index < -0.39 is 8.32 Å². The van der Waals surface area contributed by atoms with Gasteiger partial charge in [-0.15, -0.1) is 6.42 Å². The summed E-state index contributed by atoms with van der Waals surface area (Å²) >= 11 is 0. The maximum Gasteiger partial charge on any atom is 0.219 e. The van der Waals surface area contributed by atoms with Crippen molar-refractivity contribution in [1.82, 2.24) is 0 Å². The fourth-order valence-electron chi connectivity index (χ4n) is 1.14. The minimum Gasteiger partial charge on any atom is -0.402 e. The third-order valence-electron chi connectivity index (χ3n) is 1.99. The first-order valence-electron chi connectivity index (χ1n) is 4.30. The van der Waals surface area contributed by atoms with E-state index in [4.69, 9.17) is 10.8 Å². The molecule has 68 valence electrons. The third-order valence-corrected chi connectivity index (χ3v) is 4.58. The Hall–Kier alpha value is -1.04. The Labute approximate surface area is 80.9 Å². The lowest BCUT2D eigenvalue weighted by molar-refractivity contribution is 0.370. The molecule has 0 atom stereocenters. The minimum atomic E-state index is -1.74. The van der Waals surface area contributed by atoms with Crippen LogP contribution in [0.1, 0.15) is 0 Å². The van der Waals surface area contributed by atoms with Crippen LogP contribution in [-0.2, 0) is 4.43 Å². The van der Waals surface area contributed by atoms with E-state index in [2.05, 4.69) is 31.1 Å². The summed E-state index contributed by atoms with van der Waals surface area (Å²) in [6.45, 7) is 4.72. The fraction of sp³-hybridized carbons (Fsp3) is 0.273. The number of terminal acetylenes is 1. The molecule has 0 aromatic heterocycles. The molecule has 1 aromatic carbocycles. The summed E-state index contributed by atoms with van der Waals surface area (Å²) in [6.07, 6.45) is 5.16. The molecule has 0 aliphatic rings. The maximum absolute atomic E-state index is 5.67. The van der Waals surface area contributed by atoms with Crippen LogP contribution in [0.4, 0.5) is 0 Å². The molecule has 0 radical (unpaired) electrons. The van der Waals surface area contributed by atoms with E-state index in [1.165, 1.54) is 5.19 Å². The molecule has 1 aromatic rings. The zero-order valence-electron chi connectivity index (χ0n) is 8.08. The number of hydrogen-bond acceptors (Lipinski definition) is 1. The molecule has 0 aliphatic carbocycles. The van der Waals surface area contributed by atoms with Crippen molar-refractivity contribution in [3.8, 4) is 12.3 Å². The van der Waals surface area contributed by atoms with Crippen molar-refractivity contribution in [2.45, 2.75) is 13.1 Å². The topological polar surface area (TPSA) is 9.23 Å². The van der Waals surface area contributed by atoms with Crippen molar-refractivity contribution in [2.24, 2.45) is 0 Å². The molecule has 0 saturated carbocycles. The van der Waals surface area contributed by atoms with Gasteiger partial charge in [0, 0.05) is 0 Å². The third kappa shape index (κ3) is 2.73. The second-order valence-electron chi connectivity index (χ2n) is 3.37. The van der Waals surface area contributed by atoms with Crippen LogP contribution in [0.25, 0.3) is 0 Å². The molecular weight excluding hydrogens is 176 g/mol. The molecule has 0 spiro atoms. The second kappa shape index (κ2) is 4.27. The van der Waals surface area contributed by atoms with E-state index in [0.29, 0.717) is 6.61 Å². The molecule has 1 rings (SSSR count). The summed E-state index contributed by atoms with van der Waals surface area (Å²) in [6, 6.07) is 10.3. The first-order chi connectivity index (χ1) is 6.17. The molecule has 0 fully saturated rings. The average Bonchev–Trinajstić information content (AvgIpc) is 2.16. The zero-order valence-corrected chi connectivity index (χ0v) is 9.08. The molecule has 0 unspecified atom stereocenters. The molecule has 0 bridgehead atoms. The van der Waals surface area contributed by atoms with E-state index in [0.717, 1.165) is 0 Å². The van der Waals surface area contributed by atoms with Gasteiger partial charge in [0.2, 0.25) is 8.32 Å². The Morgan fingerprint density at radius 1 is 1.31 bits per heavy atom. The lowest BCUT2D eigenvalue weighted by Gasteiger charge is -2.21. The SMILES string of the molecule is C#CCO[Si](C)(C)c1ccccc1. The van der Waals surface area contributed by atoms with Gasteiger partial charge in [0.05, 0.1) is 6.61 Å². The van der Waals surface area contributed by atoms with Crippen LogP contribution in [0.15, 0.2) is 30.3 Å². The van der Waals surface area contributed by atoms with Gasteiger partial charge >= 0.3 is 0 Å². The monoisotopic (exact) mass is 190 g/mol. The highest BCUT2D eigenvalue weighted by Crippen LogP contribution is 2.04. The van der Waals surface area contributed by atoms with E-state index in [9.17, 15) is 0 Å². The van der Waals surface area contributed by atoms with Crippen molar-refractivity contribution in [3.63, 3.8) is 0 Å². The number of rotatable bonds is 3. The predicted octanol–water partition coefficient (Wildman–Crippen LogP) is 1.75. The van der Waals surface area contributed by atoms with Gasteiger partial charge in [0.15, 0.2) is 0 Å². The van der Waals surface area contributed by atoms with Crippen molar-refractivity contribution in [2.75, 3.05) is 6.61 Å². The maximum atomic E-state index is 5.67. The smallest absolute Gasteiger partial charge is 0.219 e. The second-order valence-corrected chi connectivity index (χ2v) is 7.26. The first-order valence-corrected chi connectivity index (χ1v) is 7.20. The Kier molecular flexibility index (Phi) is 3.29. The molecule has 0 aliphatic heterocycles. The minimum absolute atomic E-state index is 0.411. The van der Waals surface area contributed by atoms with Crippen LogP contribution in [0.5, 0.6) is 0 Å². The largest absolute Gasteiger partial charge is 0.402 e. The molecular formula is C11H14OSi. The van der Waals surface area contributed by atoms with Gasteiger partial charge in [0.1, 0.15) is 0 Å². The molecule has 0 amide bonds.